The maximum absolute atomic E-state index is 12.7. The molecule has 7 heteroatoms. The highest BCUT2D eigenvalue weighted by molar-refractivity contribution is 6.30. The SMILES string of the molecule is O=C1C([O-])=C([n+]2ccc(Cc3ccc(Cl)cc3)cc2)C(=O)N1Nc1ccccc1. The van der Waals surface area contributed by atoms with Crippen molar-refractivity contribution in [2.75, 3.05) is 5.43 Å². The van der Waals surface area contributed by atoms with Crippen LogP contribution in [0.2, 0.25) is 5.02 Å². The molecule has 0 saturated carbocycles. The van der Waals surface area contributed by atoms with Crippen LogP contribution in [-0.4, -0.2) is 16.8 Å². The molecule has 3 aromatic rings. The van der Waals surface area contributed by atoms with Crippen LogP contribution < -0.4 is 15.1 Å². The smallest absolute Gasteiger partial charge is 0.344 e. The molecule has 2 heterocycles. The van der Waals surface area contributed by atoms with E-state index < -0.39 is 17.6 Å². The fraction of sp³-hybridized carbons (Fsp3) is 0.0455. The molecule has 0 bridgehead atoms. The molecule has 0 atom stereocenters. The molecule has 0 fully saturated rings. The van der Waals surface area contributed by atoms with Gasteiger partial charge in [0.15, 0.2) is 12.4 Å². The van der Waals surface area contributed by atoms with Gasteiger partial charge in [-0.25, -0.2) is 0 Å². The van der Waals surface area contributed by atoms with Gasteiger partial charge in [0.2, 0.25) is 0 Å². The fourth-order valence-electron chi connectivity index (χ4n) is 3.03. The summed E-state index contributed by atoms with van der Waals surface area (Å²) in [6.45, 7) is 0. The number of imide groups is 1. The van der Waals surface area contributed by atoms with Crippen molar-refractivity contribution in [3.05, 3.63) is 101 Å². The van der Waals surface area contributed by atoms with E-state index in [1.165, 1.54) is 4.57 Å². The van der Waals surface area contributed by atoms with Crippen LogP contribution in [-0.2, 0) is 16.0 Å². The molecule has 0 radical (unpaired) electrons. The van der Waals surface area contributed by atoms with Crippen molar-refractivity contribution < 1.29 is 19.3 Å². The van der Waals surface area contributed by atoms with Crippen LogP contribution in [0.25, 0.3) is 5.70 Å². The number of hydrogen-bond acceptors (Lipinski definition) is 4. The second-order valence-corrected chi connectivity index (χ2v) is 6.95. The van der Waals surface area contributed by atoms with E-state index in [2.05, 4.69) is 5.43 Å². The highest BCUT2D eigenvalue weighted by atomic mass is 35.5. The largest absolute Gasteiger partial charge is 0.864 e. The van der Waals surface area contributed by atoms with Crippen molar-refractivity contribution in [1.29, 1.82) is 0 Å². The maximum Gasteiger partial charge on any atom is 0.344 e. The second kappa shape index (κ2) is 7.77. The summed E-state index contributed by atoms with van der Waals surface area (Å²) < 4.78 is 1.38. The third-order valence-corrected chi connectivity index (χ3v) is 4.76. The van der Waals surface area contributed by atoms with Crippen molar-refractivity contribution in [1.82, 2.24) is 5.01 Å². The minimum atomic E-state index is -0.911. The lowest BCUT2D eigenvalue weighted by Crippen LogP contribution is -2.42. The van der Waals surface area contributed by atoms with Crippen LogP contribution in [0.15, 0.2) is 84.9 Å². The van der Waals surface area contributed by atoms with E-state index >= 15 is 0 Å². The van der Waals surface area contributed by atoms with E-state index in [1.54, 1.807) is 48.8 Å². The molecule has 144 valence electrons. The van der Waals surface area contributed by atoms with Gasteiger partial charge < -0.3 is 5.11 Å². The quantitative estimate of drug-likeness (QED) is 0.521. The van der Waals surface area contributed by atoms with E-state index in [4.69, 9.17) is 11.6 Å². The molecule has 2 aromatic carbocycles. The summed E-state index contributed by atoms with van der Waals surface area (Å²) in [5.74, 6) is -2.46. The molecule has 6 nitrogen and oxygen atoms in total. The Hall–Kier alpha value is -3.64. The van der Waals surface area contributed by atoms with Gasteiger partial charge in [0, 0.05) is 22.9 Å². The topological polar surface area (TPSA) is 76.3 Å². The lowest BCUT2D eigenvalue weighted by Gasteiger charge is -2.16. The average Bonchev–Trinajstić information content (AvgIpc) is 2.94. The Bertz CT molecular complexity index is 1090. The van der Waals surface area contributed by atoms with Crippen molar-refractivity contribution in [2.24, 2.45) is 0 Å². The van der Waals surface area contributed by atoms with Gasteiger partial charge in [0.25, 0.3) is 11.6 Å². The van der Waals surface area contributed by atoms with Crippen molar-refractivity contribution in [3.8, 4) is 0 Å². The number of nitrogens with zero attached hydrogens (tertiary/aromatic N) is 2. The molecule has 2 amide bonds. The molecular weight excluding hydrogens is 390 g/mol. The Morgan fingerprint density at radius 1 is 0.862 bits per heavy atom. The highest BCUT2D eigenvalue weighted by Crippen LogP contribution is 2.19. The minimum absolute atomic E-state index is 0.212. The van der Waals surface area contributed by atoms with Gasteiger partial charge in [-0.3, -0.25) is 15.0 Å². The molecule has 1 aliphatic heterocycles. The van der Waals surface area contributed by atoms with E-state index in [0.717, 1.165) is 16.1 Å². The van der Waals surface area contributed by atoms with Gasteiger partial charge in [0.05, 0.1) is 5.69 Å². The molecule has 1 aliphatic rings. The molecule has 1 N–H and O–H groups in total. The fourth-order valence-corrected chi connectivity index (χ4v) is 3.16. The van der Waals surface area contributed by atoms with Gasteiger partial charge in [-0.2, -0.15) is 9.58 Å². The van der Waals surface area contributed by atoms with Gasteiger partial charge in [0.1, 0.15) is 0 Å². The zero-order valence-electron chi connectivity index (χ0n) is 15.2. The van der Waals surface area contributed by atoms with E-state index in [1.807, 2.05) is 30.3 Å². The Labute approximate surface area is 172 Å². The Kier molecular flexibility index (Phi) is 5.01. The van der Waals surface area contributed by atoms with Crippen LogP contribution in [0.4, 0.5) is 5.69 Å². The summed E-state index contributed by atoms with van der Waals surface area (Å²) in [6.07, 6.45) is 3.89. The number of carbonyl (C=O) groups excluding carboxylic acids is 2. The number of halogens is 1. The van der Waals surface area contributed by atoms with Gasteiger partial charge >= 0.3 is 5.91 Å². The molecule has 0 saturated heterocycles. The zero-order valence-corrected chi connectivity index (χ0v) is 16.0. The molecule has 0 spiro atoms. The molecule has 4 rings (SSSR count). The summed E-state index contributed by atoms with van der Waals surface area (Å²) in [4.78, 5) is 25.0. The normalized spacial score (nSPS) is 13.9. The maximum atomic E-state index is 12.7. The van der Waals surface area contributed by atoms with Crippen LogP contribution in [0.5, 0.6) is 0 Å². The second-order valence-electron chi connectivity index (χ2n) is 6.52. The number of rotatable bonds is 5. The molecule has 0 aliphatic carbocycles. The Balaban J connectivity index is 1.53. The van der Waals surface area contributed by atoms with Crippen molar-refractivity contribution in [2.45, 2.75) is 6.42 Å². The first-order valence-electron chi connectivity index (χ1n) is 8.90. The van der Waals surface area contributed by atoms with Crippen LogP contribution in [0, 0.1) is 0 Å². The number of aromatic nitrogens is 1. The third-order valence-electron chi connectivity index (χ3n) is 4.51. The number of hydrazine groups is 1. The highest BCUT2D eigenvalue weighted by Gasteiger charge is 2.40. The minimum Gasteiger partial charge on any atom is -0.864 e. The standard InChI is InChI=1S/C22H16ClN3O3/c23-17-8-6-15(7-9-17)14-16-10-12-25(13-11-16)19-20(27)22(29)26(21(19)28)24-18-4-2-1-3-5-18/h1-13,24H,14H2. The van der Waals surface area contributed by atoms with Crippen LogP contribution in [0.1, 0.15) is 11.1 Å². The number of hydrogen-bond donors (Lipinski definition) is 1. The van der Waals surface area contributed by atoms with Gasteiger partial charge in [-0.15, -0.1) is 0 Å². The zero-order chi connectivity index (χ0) is 20.4. The number of anilines is 1. The Morgan fingerprint density at radius 2 is 1.48 bits per heavy atom. The number of amides is 2. The van der Waals surface area contributed by atoms with Crippen LogP contribution in [0.3, 0.4) is 0 Å². The lowest BCUT2D eigenvalue weighted by molar-refractivity contribution is -0.581. The van der Waals surface area contributed by atoms with Crippen LogP contribution >= 0.6 is 11.6 Å². The van der Waals surface area contributed by atoms with E-state index in [9.17, 15) is 14.7 Å². The first kappa shape index (κ1) is 18.7. The Morgan fingerprint density at radius 3 is 2.14 bits per heavy atom. The number of benzene rings is 2. The number of carbonyl (C=O) groups is 2. The number of para-hydroxylation sites is 1. The van der Waals surface area contributed by atoms with Gasteiger partial charge in [-0.05, 0) is 41.8 Å². The van der Waals surface area contributed by atoms with Gasteiger partial charge in [-0.1, -0.05) is 41.9 Å². The molecular formula is C22H16ClN3O3. The predicted octanol–water partition coefficient (Wildman–Crippen LogP) is 2.14. The average molecular weight is 406 g/mol. The summed E-state index contributed by atoms with van der Waals surface area (Å²) in [7, 11) is 0. The summed E-state index contributed by atoms with van der Waals surface area (Å²) >= 11 is 5.90. The first-order chi connectivity index (χ1) is 14.0. The number of pyridine rings is 1. The van der Waals surface area contributed by atoms with E-state index in [0.29, 0.717) is 17.1 Å². The molecule has 29 heavy (non-hydrogen) atoms. The predicted molar refractivity (Wildman–Crippen MR) is 106 cm³/mol. The summed E-state index contributed by atoms with van der Waals surface area (Å²) in [5, 5.41) is 13.8. The summed E-state index contributed by atoms with van der Waals surface area (Å²) in [6, 6.07) is 19.9. The first-order valence-corrected chi connectivity index (χ1v) is 9.27. The summed E-state index contributed by atoms with van der Waals surface area (Å²) in [5.41, 5.74) is 5.09. The van der Waals surface area contributed by atoms with Crippen molar-refractivity contribution >= 4 is 34.8 Å². The van der Waals surface area contributed by atoms with Crippen molar-refractivity contribution in [3.63, 3.8) is 0 Å². The number of nitrogens with one attached hydrogen (secondary N) is 1. The monoisotopic (exact) mass is 405 g/mol. The molecule has 0 unspecified atom stereocenters. The lowest BCUT2D eigenvalue weighted by atomic mass is 10.1. The molecule has 1 aromatic heterocycles. The van der Waals surface area contributed by atoms with E-state index in [-0.39, 0.29) is 5.70 Å². The third kappa shape index (κ3) is 3.83.